The third-order valence-corrected chi connectivity index (χ3v) is 35.3. The Kier molecular flexibility index (Phi) is 26.7. The number of nitrogens with one attached hydrogen (secondary N) is 3. The maximum Gasteiger partial charge on any atom is 0.386 e. The lowest BCUT2D eigenvalue weighted by atomic mass is 9.97. The van der Waals surface area contributed by atoms with Gasteiger partial charge in [0.25, 0.3) is 16.7 Å². The van der Waals surface area contributed by atoms with Crippen LogP contribution in [0.1, 0.15) is 59.4 Å². The molecule has 0 amide bonds. The average molecular weight is 2160 g/mol. The van der Waals surface area contributed by atoms with Crippen LogP contribution in [0.4, 0.5) is 39.6 Å². The van der Waals surface area contributed by atoms with Gasteiger partial charge < -0.3 is 120 Å². The molecule has 9 fully saturated rings. The van der Waals surface area contributed by atoms with E-state index < -0.39 is 200 Å². The minimum absolute atomic E-state index is 0.00469. The number of aliphatic hydroxyl groups is 3. The van der Waals surface area contributed by atoms with Crippen LogP contribution in [0.5, 0.6) is 0 Å². The van der Waals surface area contributed by atoms with Crippen LogP contribution >= 0.6 is 87.4 Å². The molecule has 9 saturated heterocycles. The zero-order valence-corrected chi connectivity index (χ0v) is 80.5. The van der Waals surface area contributed by atoms with Gasteiger partial charge in [0, 0.05) is 42.6 Å². The van der Waals surface area contributed by atoms with E-state index in [1.54, 1.807) is 30.7 Å². The largest absolute Gasteiger partial charge is 0.397 e. The zero-order valence-electron chi connectivity index (χ0n) is 67.6. The molecule has 9 aliphatic rings. The number of terminal acetylenes is 1. The Bertz CT molecular complexity index is 6970. The van der Waals surface area contributed by atoms with Gasteiger partial charge in [0.1, 0.15) is 76.7 Å². The Balaban J connectivity index is 0.000000130. The SMILES string of the molecule is C#C[C@@]12COP(O)(=S)O[C@@H]3[C@H](F)[C@@H](COP(O)(=S)O[C@H]1[C@@H](O)[C@H](n1cnc4c(N)ccnc41)O2)O[C@H]3n1cnc2c(=O)[nH]c(N)nc21.Nc1nc2c(nnn2[C@@H]2S[C@@H]3COP(=S)(S)O[C@H]4C[C@H](c5cnn6c(N)ccnc56)O[C@@H]4COP(O)(=S)O[C@@H]2[C@@H]3O)c(=O)[nH]1.Nc1nc2c(nnn2[C@@H]2S[C@@H]3COP(O)(=S)O[C@H]4C[C@H](c5cnn6c(N)ccnc56)O[C@@H]4COP(=O)(S)O[C@@H]2[C@@H]3O)c(=O)[nH]1. The molecule has 0 radical (unpaired) electrons. The first-order valence-electron chi connectivity index (χ1n) is 39.2. The topological polar surface area (TPSA) is 770 Å². The summed E-state index contributed by atoms with van der Waals surface area (Å²) in [4.78, 5) is 122. The molecule has 28 atom stereocenters. The van der Waals surface area contributed by atoms with Crippen LogP contribution in [0.2, 0.25) is 0 Å². The number of hydrogen-bond acceptors (Lipinski definition) is 50. The van der Waals surface area contributed by atoms with Crippen LogP contribution in [0.15, 0.2) is 76.2 Å². The molecule has 0 aromatic carbocycles. The molecular weight excluding hydrogens is 2090 g/mol. The Morgan fingerprint density at radius 3 is 1.56 bits per heavy atom. The molecule has 21 heterocycles. The minimum Gasteiger partial charge on any atom is -0.397 e. The second kappa shape index (κ2) is 37.2. The number of aliphatic hydroxyl groups excluding tert-OH is 3. The van der Waals surface area contributed by atoms with Gasteiger partial charge in [0.15, 0.2) is 74.7 Å². The Labute approximate surface area is 796 Å². The van der Waals surface area contributed by atoms with Crippen molar-refractivity contribution in [1.82, 2.24) is 113 Å². The average Bonchev–Trinajstić information content (AvgIpc) is 1.57. The number of aromatic amines is 3. The maximum atomic E-state index is 16.0. The van der Waals surface area contributed by atoms with Crippen LogP contribution in [-0.2, 0) is 137 Å². The first-order chi connectivity index (χ1) is 64.0. The summed E-state index contributed by atoms with van der Waals surface area (Å²) >= 11 is 37.7. The summed E-state index contributed by atoms with van der Waals surface area (Å²) in [6.45, 7) is -23.6. The lowest BCUT2D eigenvalue weighted by Crippen LogP contribution is -2.47. The summed E-state index contributed by atoms with van der Waals surface area (Å²) in [5, 5.41) is 55.0. The van der Waals surface area contributed by atoms with Gasteiger partial charge in [-0.2, -0.15) is 34.2 Å². The van der Waals surface area contributed by atoms with Gasteiger partial charge in [-0.15, -0.1) is 40.1 Å². The number of alkyl halides is 1. The van der Waals surface area contributed by atoms with Crippen LogP contribution in [0.3, 0.4) is 0 Å². The highest BCUT2D eigenvalue weighted by Gasteiger charge is 2.61. The maximum absolute atomic E-state index is 16.0. The fraction of sp³-hybridized carbons (Fsp3) is 0.476. The van der Waals surface area contributed by atoms with Crippen molar-refractivity contribution in [2.75, 3.05) is 74.0 Å². The smallest absolute Gasteiger partial charge is 0.386 e. The number of hydrogen-bond donors (Lipinski definition) is 18. The molecule has 12 aromatic rings. The van der Waals surface area contributed by atoms with Gasteiger partial charge in [-0.25, -0.2) is 43.2 Å². The summed E-state index contributed by atoms with van der Waals surface area (Å²) < 4.78 is 131. The first kappa shape index (κ1) is 96.9. The van der Waals surface area contributed by atoms with E-state index in [1.807, 2.05) is 0 Å². The molecule has 6 bridgehead atoms. The highest BCUT2D eigenvalue weighted by atomic mass is 32.9. The number of nitrogens with zero attached hydrogens (tertiary/aromatic N) is 20. The van der Waals surface area contributed by atoms with E-state index in [1.165, 1.54) is 47.7 Å². The van der Waals surface area contributed by atoms with E-state index in [4.69, 9.17) is 173 Å². The standard InChI is InChI=1S/C23H24FN9O10P2S2.C20H24N10O9P2S3.C20H24N10O8P2S4/c1-2-23-6-39-45(37,47)42-15-11(24)10(40-21(15)33-8-29-13-18(33)30-22(26)31-19(13)35)5-38-44(36,46)43-16(23)14(34)20(41-23)32-7-28-12-9(25)3-4-27-17(12)32;21-12-1-2-23-16-7(4-24-29(12)16)8-3-9-10(37-8)5-35-41(34,43)39-15-14(31)11(6-36-40(33,42)38-9)44-19(15)30-17-13(27-28-30)18(32)26-20(22)25-17;21-12-1-2-23-16-7(4-24-29(12)16)8-3-9-10(36-8)5-34-39(33,41)38-15-14(31)11(6-35-40(42,43)37-9)44-19(15)30-17-13(27-28-30)18(32)26-20(22)25-17/h1,3-4,7-8,10-11,14-16,20-21,34H,5-6H2,(H2,25,27)(H,36,46)(H,37,47)(H3,26,30,31,35);1-2,4,8-11,14-15,19,31H,3,5-6,21H2,(H,33,42)(H,34,43)(H3,22,25,26,32);1-2,4,8-11,14-15,19,31H,3,5-6,21H2,(H,33,41)(H,42,43)(H3,22,25,26,32)/t10-,11-,14-,15-,16+,20-,21-,23-,44?,45?;8-,9+,10-,11-,14-,15-,19-,40?,41?;8-,9+,10-,11-,14-,15-,19-,39?/m111/s1. The van der Waals surface area contributed by atoms with Gasteiger partial charge in [-0.1, -0.05) is 40.8 Å². The molecule has 0 spiro atoms. The summed E-state index contributed by atoms with van der Waals surface area (Å²) in [5.41, 5.74) is 30.6. The number of thiol groups is 2. The van der Waals surface area contributed by atoms with Crippen molar-refractivity contribution in [3.05, 3.63) is 104 Å². The molecule has 722 valence electrons. The number of nitrogen functional groups attached to an aromatic ring is 6. The van der Waals surface area contributed by atoms with Crippen molar-refractivity contribution in [2.24, 2.45) is 0 Å². The van der Waals surface area contributed by atoms with E-state index >= 15 is 4.39 Å². The van der Waals surface area contributed by atoms with Crippen LogP contribution < -0.4 is 51.1 Å². The highest BCUT2D eigenvalue weighted by Crippen LogP contribution is 2.64. The van der Waals surface area contributed by atoms with Crippen LogP contribution in [0, 0.1) is 12.3 Å². The molecule has 135 heavy (non-hydrogen) atoms. The molecule has 0 aliphatic carbocycles. The fourth-order valence-electron chi connectivity index (χ4n) is 16.0. The number of thioether (sulfide) groups is 2. The van der Waals surface area contributed by atoms with Crippen LogP contribution in [0.25, 0.3) is 55.9 Å². The van der Waals surface area contributed by atoms with Crippen molar-refractivity contribution >= 4 is 238 Å². The van der Waals surface area contributed by atoms with Gasteiger partial charge >= 0.3 is 33.7 Å². The monoisotopic (exact) mass is 2160 g/mol. The number of pyridine rings is 1. The Hall–Kier alpha value is -6.98. The molecular formula is C63H72FN29O27P6S9. The highest BCUT2D eigenvalue weighted by molar-refractivity contribution is 8.60. The van der Waals surface area contributed by atoms with Gasteiger partial charge in [-0.3, -0.25) is 61.1 Å². The predicted molar refractivity (Wildman–Crippen MR) is 495 cm³/mol. The first-order valence-corrected chi connectivity index (χ1v) is 58.0. The quantitative estimate of drug-likeness (QED) is 0.0600. The van der Waals surface area contributed by atoms with Crippen molar-refractivity contribution in [1.29, 1.82) is 0 Å². The predicted octanol–water partition coefficient (Wildman–Crippen LogP) is 0.191. The summed E-state index contributed by atoms with van der Waals surface area (Å²) in [7, 11) is 0. The lowest BCUT2D eigenvalue weighted by molar-refractivity contribution is -0.0912. The molecule has 72 heteroatoms. The van der Waals surface area contributed by atoms with Gasteiger partial charge in [-0.05, 0) is 77.2 Å². The normalized spacial score (nSPS) is 37.1. The van der Waals surface area contributed by atoms with Crippen LogP contribution in [-0.4, -0.2) is 283 Å². The molecule has 0 saturated carbocycles. The molecule has 21 rings (SSSR count). The van der Waals surface area contributed by atoms with E-state index in [9.17, 15) is 53.8 Å². The Morgan fingerprint density at radius 2 is 0.985 bits per heavy atom. The Morgan fingerprint density at radius 1 is 0.519 bits per heavy atom. The third-order valence-electron chi connectivity index (χ3n) is 22.2. The number of imidazole rings is 2. The molecule has 6 unspecified atom stereocenters. The summed E-state index contributed by atoms with van der Waals surface area (Å²) in [5.74, 6) is 2.50. The number of fused-ring (bicyclic) bond motifs is 15. The lowest BCUT2D eigenvalue weighted by Gasteiger charge is -2.33. The number of ether oxygens (including phenoxy) is 4. The van der Waals surface area contributed by atoms with E-state index in [-0.39, 0.29) is 89.8 Å². The van der Waals surface area contributed by atoms with E-state index in [0.29, 0.717) is 51.7 Å². The second-order valence-corrected chi connectivity index (χ2v) is 52.8. The number of anilines is 6. The molecule has 12 aromatic heterocycles. The molecule has 22 N–H and O–H groups in total. The van der Waals surface area contributed by atoms with E-state index in [0.717, 1.165) is 34.4 Å². The zero-order chi connectivity index (χ0) is 95.4. The van der Waals surface area contributed by atoms with Gasteiger partial charge in [0.05, 0.1) is 118 Å². The van der Waals surface area contributed by atoms with Crippen molar-refractivity contribution < 1.29 is 117 Å². The number of H-pyrrole nitrogens is 3. The fourth-order valence-corrected chi connectivity index (χ4v) is 28.6. The van der Waals surface area contributed by atoms with E-state index in [2.05, 4.69) is 116 Å². The molecule has 56 nitrogen and oxygen atoms in total. The summed E-state index contributed by atoms with van der Waals surface area (Å²) in [6.07, 6.45) is -4.51. The van der Waals surface area contributed by atoms with Gasteiger partial charge in [0.2, 0.25) is 23.5 Å². The molecule has 9 aliphatic heterocycles. The minimum atomic E-state index is -4.45. The van der Waals surface area contributed by atoms with Crippen molar-refractivity contribution in [3.63, 3.8) is 0 Å². The number of aromatic nitrogens is 23. The summed E-state index contributed by atoms with van der Waals surface area (Å²) in [6, 6.07) is 4.75. The van der Waals surface area contributed by atoms with Crippen molar-refractivity contribution in [3.8, 4) is 12.3 Å². The number of nitrogens with two attached hydrogens (primary N) is 6. The van der Waals surface area contributed by atoms with Crippen molar-refractivity contribution in [2.45, 2.75) is 144 Å². The number of rotatable bonds is 6. The second-order valence-electron chi connectivity index (χ2n) is 30.8. The number of halogens is 1. The third kappa shape index (κ3) is 19.1.